The van der Waals surface area contributed by atoms with E-state index in [-0.39, 0.29) is 12.0 Å². The van der Waals surface area contributed by atoms with Gasteiger partial charge in [0.1, 0.15) is 18.2 Å². The monoisotopic (exact) mass is 341 g/mol. The SMILES string of the molecule is CN(C)c1ccc(NC(=O)c2ccc(OC[C@@H]3CCCO3)cc2)cn1. The topological polar surface area (TPSA) is 63.7 Å². The predicted octanol–water partition coefficient (Wildman–Crippen LogP) is 2.96. The second kappa shape index (κ2) is 7.98. The van der Waals surface area contributed by atoms with Crippen LogP contribution in [0.3, 0.4) is 0 Å². The minimum atomic E-state index is -0.176. The van der Waals surface area contributed by atoms with Crippen molar-refractivity contribution in [1.82, 2.24) is 4.98 Å². The summed E-state index contributed by atoms with van der Waals surface area (Å²) >= 11 is 0. The van der Waals surface area contributed by atoms with Crippen molar-refractivity contribution in [2.45, 2.75) is 18.9 Å². The van der Waals surface area contributed by atoms with Gasteiger partial charge < -0.3 is 19.7 Å². The fourth-order valence-corrected chi connectivity index (χ4v) is 2.60. The molecule has 1 fully saturated rings. The lowest BCUT2D eigenvalue weighted by Gasteiger charge is -2.12. The van der Waals surface area contributed by atoms with Crippen molar-refractivity contribution in [3.8, 4) is 5.75 Å². The molecule has 0 saturated carbocycles. The molecular formula is C19H23N3O3. The van der Waals surface area contributed by atoms with Gasteiger partial charge in [-0.2, -0.15) is 0 Å². The first-order chi connectivity index (χ1) is 12.1. The maximum absolute atomic E-state index is 12.3. The lowest BCUT2D eigenvalue weighted by Crippen LogP contribution is -2.16. The Bertz CT molecular complexity index is 693. The number of amides is 1. The average molecular weight is 341 g/mol. The van der Waals surface area contributed by atoms with E-state index >= 15 is 0 Å². The lowest BCUT2D eigenvalue weighted by atomic mass is 10.2. The van der Waals surface area contributed by atoms with E-state index in [1.807, 2.05) is 31.1 Å². The van der Waals surface area contributed by atoms with Crippen LogP contribution in [-0.4, -0.2) is 44.3 Å². The minimum Gasteiger partial charge on any atom is -0.491 e. The molecule has 1 N–H and O–H groups in total. The van der Waals surface area contributed by atoms with Crippen molar-refractivity contribution in [3.05, 3.63) is 48.2 Å². The van der Waals surface area contributed by atoms with E-state index in [1.54, 1.807) is 30.5 Å². The summed E-state index contributed by atoms with van der Waals surface area (Å²) in [5.74, 6) is 1.40. The number of carbonyl (C=O) groups is 1. The van der Waals surface area contributed by atoms with Crippen LogP contribution in [-0.2, 0) is 4.74 Å². The third-order valence-corrected chi connectivity index (χ3v) is 4.04. The highest BCUT2D eigenvalue weighted by atomic mass is 16.5. The zero-order valence-corrected chi connectivity index (χ0v) is 14.6. The molecule has 0 unspecified atom stereocenters. The number of nitrogens with zero attached hydrogens (tertiary/aromatic N) is 2. The number of aromatic nitrogens is 1. The van der Waals surface area contributed by atoms with Crippen molar-refractivity contribution in [3.63, 3.8) is 0 Å². The molecule has 25 heavy (non-hydrogen) atoms. The van der Waals surface area contributed by atoms with E-state index in [1.165, 1.54) is 0 Å². The molecule has 1 aliphatic rings. The number of carbonyl (C=O) groups excluding carboxylic acids is 1. The summed E-state index contributed by atoms with van der Waals surface area (Å²) < 4.78 is 11.2. The molecule has 0 spiro atoms. The van der Waals surface area contributed by atoms with Gasteiger partial charge in [-0.15, -0.1) is 0 Å². The molecule has 1 amide bonds. The van der Waals surface area contributed by atoms with Gasteiger partial charge in [-0.25, -0.2) is 4.98 Å². The van der Waals surface area contributed by atoms with Gasteiger partial charge in [0, 0.05) is 26.3 Å². The van der Waals surface area contributed by atoms with Gasteiger partial charge >= 0.3 is 0 Å². The molecule has 0 bridgehead atoms. The van der Waals surface area contributed by atoms with E-state index in [0.29, 0.717) is 17.9 Å². The normalized spacial score (nSPS) is 16.5. The summed E-state index contributed by atoms with van der Waals surface area (Å²) in [6.07, 6.45) is 3.96. The number of pyridine rings is 1. The highest BCUT2D eigenvalue weighted by molar-refractivity contribution is 6.04. The first-order valence-electron chi connectivity index (χ1n) is 8.41. The quantitative estimate of drug-likeness (QED) is 0.875. The maximum atomic E-state index is 12.3. The highest BCUT2D eigenvalue weighted by Gasteiger charge is 2.16. The van der Waals surface area contributed by atoms with Gasteiger partial charge in [-0.1, -0.05) is 0 Å². The Morgan fingerprint density at radius 1 is 1.28 bits per heavy atom. The average Bonchev–Trinajstić information content (AvgIpc) is 3.14. The molecule has 1 aromatic carbocycles. The van der Waals surface area contributed by atoms with Crippen LogP contribution in [0.15, 0.2) is 42.6 Å². The third-order valence-electron chi connectivity index (χ3n) is 4.04. The number of rotatable bonds is 6. The smallest absolute Gasteiger partial charge is 0.255 e. The standard InChI is InChI=1S/C19H23N3O3/c1-22(2)18-10-7-15(12-20-18)21-19(23)14-5-8-16(9-6-14)25-13-17-4-3-11-24-17/h5-10,12,17H,3-4,11,13H2,1-2H3,(H,21,23)/t17-/m0/s1. The minimum absolute atomic E-state index is 0.176. The second-order valence-corrected chi connectivity index (χ2v) is 6.22. The van der Waals surface area contributed by atoms with Crippen molar-refractivity contribution < 1.29 is 14.3 Å². The van der Waals surface area contributed by atoms with Crippen LogP contribution in [0.5, 0.6) is 5.75 Å². The number of hydrogen-bond acceptors (Lipinski definition) is 5. The summed E-state index contributed by atoms with van der Waals surface area (Å²) in [5, 5.41) is 2.84. The molecule has 6 heteroatoms. The van der Waals surface area contributed by atoms with E-state index in [9.17, 15) is 4.79 Å². The van der Waals surface area contributed by atoms with E-state index in [0.717, 1.165) is 31.0 Å². The molecule has 2 aromatic rings. The Labute approximate surface area is 147 Å². The Hall–Kier alpha value is -2.60. The van der Waals surface area contributed by atoms with Crippen LogP contribution in [0.2, 0.25) is 0 Å². The molecule has 1 aliphatic heterocycles. The largest absolute Gasteiger partial charge is 0.491 e. The van der Waals surface area contributed by atoms with Gasteiger partial charge in [0.05, 0.1) is 18.0 Å². The van der Waals surface area contributed by atoms with Gasteiger partial charge in [0.25, 0.3) is 5.91 Å². The van der Waals surface area contributed by atoms with Crippen LogP contribution in [0.25, 0.3) is 0 Å². The number of anilines is 2. The summed E-state index contributed by atoms with van der Waals surface area (Å²) in [7, 11) is 3.84. The molecule has 3 rings (SSSR count). The van der Waals surface area contributed by atoms with Crippen LogP contribution < -0.4 is 15.0 Å². The molecule has 2 heterocycles. The summed E-state index contributed by atoms with van der Waals surface area (Å²) in [4.78, 5) is 18.5. The number of ether oxygens (including phenoxy) is 2. The molecule has 6 nitrogen and oxygen atoms in total. The molecule has 1 saturated heterocycles. The fraction of sp³-hybridized carbons (Fsp3) is 0.368. The molecule has 1 aromatic heterocycles. The summed E-state index contributed by atoms with van der Waals surface area (Å²) in [6, 6.07) is 10.8. The highest BCUT2D eigenvalue weighted by Crippen LogP contribution is 2.18. The van der Waals surface area contributed by atoms with Crippen LogP contribution in [0, 0.1) is 0 Å². The second-order valence-electron chi connectivity index (χ2n) is 6.22. The van der Waals surface area contributed by atoms with Gasteiger partial charge in [-0.3, -0.25) is 4.79 Å². The molecular weight excluding hydrogens is 318 g/mol. The summed E-state index contributed by atoms with van der Waals surface area (Å²) in [5.41, 5.74) is 1.23. The van der Waals surface area contributed by atoms with Crippen LogP contribution >= 0.6 is 0 Å². The maximum Gasteiger partial charge on any atom is 0.255 e. The Morgan fingerprint density at radius 2 is 2.08 bits per heavy atom. The fourth-order valence-electron chi connectivity index (χ4n) is 2.60. The van der Waals surface area contributed by atoms with Gasteiger partial charge in [0.15, 0.2) is 0 Å². The Morgan fingerprint density at radius 3 is 2.68 bits per heavy atom. The van der Waals surface area contributed by atoms with Crippen LogP contribution in [0.1, 0.15) is 23.2 Å². The molecule has 0 aliphatic carbocycles. The number of benzene rings is 1. The van der Waals surface area contributed by atoms with Crippen molar-refractivity contribution in [1.29, 1.82) is 0 Å². The van der Waals surface area contributed by atoms with Gasteiger partial charge in [0.2, 0.25) is 0 Å². The lowest BCUT2D eigenvalue weighted by molar-refractivity contribution is 0.0679. The third kappa shape index (κ3) is 4.70. The summed E-state index contributed by atoms with van der Waals surface area (Å²) in [6.45, 7) is 1.37. The van der Waals surface area contributed by atoms with Crippen LogP contribution in [0.4, 0.5) is 11.5 Å². The zero-order valence-electron chi connectivity index (χ0n) is 14.6. The first-order valence-corrected chi connectivity index (χ1v) is 8.41. The van der Waals surface area contributed by atoms with E-state index < -0.39 is 0 Å². The molecule has 132 valence electrons. The zero-order chi connectivity index (χ0) is 17.6. The Kier molecular flexibility index (Phi) is 5.50. The Balaban J connectivity index is 1.54. The van der Waals surface area contributed by atoms with E-state index in [4.69, 9.17) is 9.47 Å². The molecule has 0 radical (unpaired) electrons. The van der Waals surface area contributed by atoms with Crippen molar-refractivity contribution in [2.75, 3.05) is 37.5 Å². The van der Waals surface area contributed by atoms with E-state index in [2.05, 4.69) is 10.3 Å². The number of nitrogens with one attached hydrogen (secondary N) is 1. The van der Waals surface area contributed by atoms with Crippen molar-refractivity contribution >= 4 is 17.4 Å². The number of hydrogen-bond donors (Lipinski definition) is 1. The van der Waals surface area contributed by atoms with Crippen molar-refractivity contribution in [2.24, 2.45) is 0 Å². The molecule has 1 atom stereocenters. The predicted molar refractivity (Wildman–Crippen MR) is 97.4 cm³/mol. The van der Waals surface area contributed by atoms with Gasteiger partial charge in [-0.05, 0) is 49.2 Å². The first kappa shape index (κ1) is 17.2.